The molecule has 2 rings (SSSR count). The number of hydrogen-bond donors (Lipinski definition) is 2. The fraction of sp³-hybridized carbons (Fsp3) is 1.00. The maximum atomic E-state index is 12.3. The molecule has 2 aliphatic rings. The molecule has 2 N–H and O–H groups in total. The van der Waals surface area contributed by atoms with Crippen molar-refractivity contribution in [3.8, 4) is 0 Å². The molecule has 1 aliphatic carbocycles. The Balaban J connectivity index is 1.90. The summed E-state index contributed by atoms with van der Waals surface area (Å²) in [4.78, 5) is 0. The first-order valence-corrected chi connectivity index (χ1v) is 8.81. The van der Waals surface area contributed by atoms with Crippen molar-refractivity contribution in [1.29, 1.82) is 0 Å². The third kappa shape index (κ3) is 3.48. The van der Waals surface area contributed by atoms with Crippen LogP contribution in [-0.4, -0.2) is 44.1 Å². The van der Waals surface area contributed by atoms with Gasteiger partial charge in [0.15, 0.2) is 0 Å². The van der Waals surface area contributed by atoms with Crippen molar-refractivity contribution >= 4 is 10.2 Å². The van der Waals surface area contributed by atoms with Gasteiger partial charge in [0.05, 0.1) is 0 Å². The smallest absolute Gasteiger partial charge is 0.279 e. The number of nitrogens with one attached hydrogen (secondary N) is 1. The highest BCUT2D eigenvalue weighted by Crippen LogP contribution is 2.43. The quantitative estimate of drug-likeness (QED) is 0.770. The van der Waals surface area contributed by atoms with Crippen molar-refractivity contribution in [3.05, 3.63) is 0 Å². The van der Waals surface area contributed by atoms with E-state index in [-0.39, 0.29) is 17.9 Å². The van der Waals surface area contributed by atoms with Crippen LogP contribution in [0.2, 0.25) is 0 Å². The number of piperidine rings is 1. The number of nitrogens with zero attached hydrogens (tertiary/aromatic N) is 1. The summed E-state index contributed by atoms with van der Waals surface area (Å²) in [7, 11) is -3.37. The average molecular weight is 290 g/mol. The summed E-state index contributed by atoms with van der Waals surface area (Å²) in [5, 5.41) is 9.18. The number of hydrogen-bond acceptors (Lipinski definition) is 3. The molecule has 1 heterocycles. The van der Waals surface area contributed by atoms with E-state index in [1.54, 1.807) is 0 Å². The van der Waals surface area contributed by atoms with Crippen LogP contribution in [0.15, 0.2) is 0 Å². The molecule has 112 valence electrons. The van der Waals surface area contributed by atoms with Crippen LogP contribution in [0, 0.1) is 11.3 Å². The van der Waals surface area contributed by atoms with E-state index in [4.69, 9.17) is 0 Å². The zero-order valence-corrected chi connectivity index (χ0v) is 12.6. The molecular weight excluding hydrogens is 264 g/mol. The van der Waals surface area contributed by atoms with Gasteiger partial charge in [-0.3, -0.25) is 0 Å². The number of aliphatic hydroxyl groups is 1. The zero-order valence-electron chi connectivity index (χ0n) is 11.8. The molecule has 1 aliphatic heterocycles. The van der Waals surface area contributed by atoms with Crippen LogP contribution < -0.4 is 4.72 Å². The molecular formula is C13H26N2O3S. The average Bonchev–Trinajstić information content (AvgIpc) is 2.38. The lowest BCUT2D eigenvalue weighted by Gasteiger charge is -2.42. The predicted molar refractivity (Wildman–Crippen MR) is 74.9 cm³/mol. The van der Waals surface area contributed by atoms with E-state index in [0.717, 1.165) is 32.1 Å². The minimum absolute atomic E-state index is 0.0743. The zero-order chi connectivity index (χ0) is 13.9. The summed E-state index contributed by atoms with van der Waals surface area (Å²) in [5.74, 6) is 0.0918. The van der Waals surface area contributed by atoms with Crippen LogP contribution in [0.1, 0.15) is 45.4 Å². The van der Waals surface area contributed by atoms with Gasteiger partial charge in [-0.2, -0.15) is 12.7 Å². The van der Waals surface area contributed by atoms with Gasteiger partial charge < -0.3 is 5.11 Å². The second-order valence-corrected chi connectivity index (χ2v) is 7.84. The lowest BCUT2D eigenvalue weighted by Crippen LogP contribution is -2.50. The van der Waals surface area contributed by atoms with Gasteiger partial charge in [-0.1, -0.05) is 13.3 Å². The highest BCUT2D eigenvalue weighted by Gasteiger charge is 2.37. The molecule has 19 heavy (non-hydrogen) atoms. The van der Waals surface area contributed by atoms with Crippen molar-refractivity contribution < 1.29 is 13.5 Å². The summed E-state index contributed by atoms with van der Waals surface area (Å²) in [6.45, 7) is 3.79. The van der Waals surface area contributed by atoms with Gasteiger partial charge in [0.2, 0.25) is 0 Å². The molecule has 0 aromatic heterocycles. The molecule has 1 saturated carbocycles. The molecule has 0 amide bonds. The Labute approximate surface area is 116 Å². The normalized spacial score (nSPS) is 28.0. The first kappa shape index (κ1) is 15.2. The van der Waals surface area contributed by atoms with E-state index in [9.17, 15) is 13.5 Å². The van der Waals surface area contributed by atoms with Gasteiger partial charge in [-0.05, 0) is 43.4 Å². The Bertz CT molecular complexity index is 387. The molecule has 2 fully saturated rings. The fourth-order valence-corrected chi connectivity index (χ4v) is 4.51. The summed E-state index contributed by atoms with van der Waals surface area (Å²) in [6.07, 6.45) is 6.27. The molecule has 1 unspecified atom stereocenters. The molecule has 0 aromatic carbocycles. The van der Waals surface area contributed by atoms with E-state index in [1.807, 2.05) is 0 Å². The highest BCUT2D eigenvalue weighted by molar-refractivity contribution is 7.87. The third-order valence-corrected chi connectivity index (χ3v) is 6.39. The first-order valence-electron chi connectivity index (χ1n) is 7.37. The van der Waals surface area contributed by atoms with Gasteiger partial charge in [0.1, 0.15) is 0 Å². The van der Waals surface area contributed by atoms with E-state index in [0.29, 0.717) is 19.6 Å². The molecule has 6 heteroatoms. The summed E-state index contributed by atoms with van der Waals surface area (Å²) in [5.41, 5.74) is 0.194. The summed E-state index contributed by atoms with van der Waals surface area (Å²) in [6, 6.07) is 0. The maximum Gasteiger partial charge on any atom is 0.279 e. The van der Waals surface area contributed by atoms with Crippen LogP contribution in [0.4, 0.5) is 0 Å². The summed E-state index contributed by atoms with van der Waals surface area (Å²) < 4.78 is 28.8. The fourth-order valence-electron chi connectivity index (χ4n) is 3.06. The van der Waals surface area contributed by atoms with Crippen molar-refractivity contribution in [2.24, 2.45) is 11.3 Å². The molecule has 0 spiro atoms. The SMILES string of the molecule is CCC1(CNS(=O)(=O)N2CCCC(CO)C2)CCC1. The van der Waals surface area contributed by atoms with Gasteiger partial charge in [-0.25, -0.2) is 4.72 Å². The Morgan fingerprint density at radius 1 is 1.37 bits per heavy atom. The van der Waals surface area contributed by atoms with Crippen molar-refractivity contribution in [2.75, 3.05) is 26.2 Å². The summed E-state index contributed by atoms with van der Waals surface area (Å²) >= 11 is 0. The lowest BCUT2D eigenvalue weighted by atomic mass is 9.67. The van der Waals surface area contributed by atoms with Crippen molar-refractivity contribution in [2.45, 2.75) is 45.4 Å². The molecule has 0 aromatic rings. The lowest BCUT2D eigenvalue weighted by molar-refractivity contribution is 0.130. The number of rotatable bonds is 6. The van der Waals surface area contributed by atoms with Crippen molar-refractivity contribution in [3.63, 3.8) is 0 Å². The monoisotopic (exact) mass is 290 g/mol. The van der Waals surface area contributed by atoms with E-state index in [1.165, 1.54) is 10.7 Å². The van der Waals surface area contributed by atoms with Crippen LogP contribution in [-0.2, 0) is 10.2 Å². The van der Waals surface area contributed by atoms with Gasteiger partial charge in [0, 0.05) is 26.2 Å². The third-order valence-electron chi connectivity index (χ3n) is 4.87. The number of aliphatic hydroxyl groups excluding tert-OH is 1. The second-order valence-electron chi connectivity index (χ2n) is 6.08. The topological polar surface area (TPSA) is 69.6 Å². The van der Waals surface area contributed by atoms with E-state index < -0.39 is 10.2 Å². The molecule has 1 atom stereocenters. The standard InChI is InChI=1S/C13H26N2O3S/c1-2-13(6-4-7-13)11-14-19(17,18)15-8-3-5-12(9-15)10-16/h12,14,16H,2-11H2,1H3. The van der Waals surface area contributed by atoms with Gasteiger partial charge in [0.25, 0.3) is 10.2 Å². The second kappa shape index (κ2) is 6.08. The molecule has 0 bridgehead atoms. The Kier molecular flexibility index (Phi) is 4.87. The Morgan fingerprint density at radius 2 is 2.11 bits per heavy atom. The molecule has 1 saturated heterocycles. The first-order chi connectivity index (χ1) is 9.01. The van der Waals surface area contributed by atoms with Crippen LogP contribution in [0.25, 0.3) is 0 Å². The van der Waals surface area contributed by atoms with Crippen LogP contribution >= 0.6 is 0 Å². The highest BCUT2D eigenvalue weighted by atomic mass is 32.2. The molecule has 5 nitrogen and oxygen atoms in total. The largest absolute Gasteiger partial charge is 0.396 e. The predicted octanol–water partition coefficient (Wildman–Crippen LogP) is 1.11. The van der Waals surface area contributed by atoms with E-state index in [2.05, 4.69) is 11.6 Å². The van der Waals surface area contributed by atoms with Crippen LogP contribution in [0.3, 0.4) is 0 Å². The minimum atomic E-state index is -3.37. The Morgan fingerprint density at radius 3 is 2.63 bits per heavy atom. The van der Waals surface area contributed by atoms with Gasteiger partial charge >= 0.3 is 0 Å². The Hall–Kier alpha value is -0.170. The van der Waals surface area contributed by atoms with Crippen molar-refractivity contribution in [1.82, 2.24) is 9.03 Å². The van der Waals surface area contributed by atoms with E-state index >= 15 is 0 Å². The minimum Gasteiger partial charge on any atom is -0.396 e. The van der Waals surface area contributed by atoms with Crippen LogP contribution in [0.5, 0.6) is 0 Å². The van der Waals surface area contributed by atoms with Gasteiger partial charge in [-0.15, -0.1) is 0 Å². The maximum absolute atomic E-state index is 12.3. The molecule has 0 radical (unpaired) electrons.